The van der Waals surface area contributed by atoms with Crippen molar-refractivity contribution in [3.05, 3.63) is 35.6 Å². The van der Waals surface area contributed by atoms with Gasteiger partial charge < -0.3 is 10.6 Å². The fourth-order valence-electron chi connectivity index (χ4n) is 2.56. The third-order valence-electron chi connectivity index (χ3n) is 3.71. The minimum atomic E-state index is -0.455. The van der Waals surface area contributed by atoms with Gasteiger partial charge in [0.15, 0.2) is 5.78 Å². The summed E-state index contributed by atoms with van der Waals surface area (Å²) in [6, 6.07) is 5.72. The maximum atomic E-state index is 13.1. The Morgan fingerprint density at radius 2 is 2.29 bits per heavy atom. The van der Waals surface area contributed by atoms with Crippen molar-refractivity contribution in [3.63, 3.8) is 0 Å². The first-order chi connectivity index (χ1) is 10.1. The molecule has 2 unspecified atom stereocenters. The molecule has 1 aliphatic heterocycles. The molecule has 5 heteroatoms. The van der Waals surface area contributed by atoms with Gasteiger partial charge in [0.05, 0.1) is 0 Å². The number of carbonyl (C=O) groups excluding carboxylic acids is 2. The van der Waals surface area contributed by atoms with E-state index in [-0.39, 0.29) is 24.2 Å². The smallest absolute Gasteiger partial charge is 0.220 e. The Morgan fingerprint density at radius 1 is 1.48 bits per heavy atom. The molecule has 0 aliphatic carbocycles. The Bertz CT molecular complexity index is 513. The van der Waals surface area contributed by atoms with Crippen molar-refractivity contribution in [2.45, 2.75) is 32.2 Å². The van der Waals surface area contributed by atoms with Crippen LogP contribution in [0.25, 0.3) is 0 Å². The van der Waals surface area contributed by atoms with Crippen LogP contribution in [0.2, 0.25) is 0 Å². The third kappa shape index (κ3) is 4.63. The van der Waals surface area contributed by atoms with Crippen LogP contribution in [0.15, 0.2) is 24.3 Å². The highest BCUT2D eigenvalue weighted by Crippen LogP contribution is 2.14. The molecule has 4 nitrogen and oxygen atoms in total. The monoisotopic (exact) mass is 292 g/mol. The van der Waals surface area contributed by atoms with Crippen molar-refractivity contribution in [1.82, 2.24) is 10.6 Å². The second kappa shape index (κ2) is 7.31. The Balaban J connectivity index is 1.86. The quantitative estimate of drug-likeness (QED) is 0.815. The van der Waals surface area contributed by atoms with Gasteiger partial charge in [0.25, 0.3) is 0 Å². The summed E-state index contributed by atoms with van der Waals surface area (Å²) in [4.78, 5) is 24.1. The molecule has 2 atom stereocenters. The molecule has 1 saturated heterocycles. The van der Waals surface area contributed by atoms with E-state index < -0.39 is 11.7 Å². The molecule has 1 fully saturated rings. The van der Waals surface area contributed by atoms with Crippen LogP contribution >= 0.6 is 0 Å². The van der Waals surface area contributed by atoms with Crippen molar-refractivity contribution >= 4 is 11.7 Å². The molecule has 1 aromatic carbocycles. The van der Waals surface area contributed by atoms with E-state index in [1.54, 1.807) is 13.0 Å². The SMILES string of the molecule is CC(CC(=O)NC1CCCNC1)C(=O)c1cccc(F)c1. The molecule has 2 rings (SSSR count). The number of rotatable bonds is 5. The number of ketones is 1. The van der Waals surface area contributed by atoms with Gasteiger partial charge in [0, 0.05) is 30.5 Å². The maximum absolute atomic E-state index is 13.1. The van der Waals surface area contributed by atoms with Gasteiger partial charge in [-0.05, 0) is 31.5 Å². The highest BCUT2D eigenvalue weighted by molar-refractivity contribution is 5.99. The molecule has 1 heterocycles. The summed E-state index contributed by atoms with van der Waals surface area (Å²) in [6.45, 7) is 3.46. The molecule has 0 aromatic heterocycles. The summed E-state index contributed by atoms with van der Waals surface area (Å²) in [7, 11) is 0. The van der Waals surface area contributed by atoms with Crippen molar-refractivity contribution in [2.24, 2.45) is 5.92 Å². The number of nitrogens with one attached hydrogen (secondary N) is 2. The summed E-state index contributed by atoms with van der Waals surface area (Å²) < 4.78 is 13.1. The Labute approximate surface area is 124 Å². The summed E-state index contributed by atoms with van der Waals surface area (Å²) in [6.07, 6.45) is 2.14. The molecule has 21 heavy (non-hydrogen) atoms. The molecule has 1 amide bonds. The first-order valence-electron chi connectivity index (χ1n) is 7.36. The number of hydrogen-bond acceptors (Lipinski definition) is 3. The topological polar surface area (TPSA) is 58.2 Å². The zero-order chi connectivity index (χ0) is 15.2. The average molecular weight is 292 g/mol. The normalized spacial score (nSPS) is 19.8. The molecule has 0 spiro atoms. The molecular weight excluding hydrogens is 271 g/mol. The molecule has 0 radical (unpaired) electrons. The summed E-state index contributed by atoms with van der Waals surface area (Å²) in [5.41, 5.74) is 0.314. The molecule has 114 valence electrons. The number of hydrogen-bond donors (Lipinski definition) is 2. The number of amides is 1. The van der Waals surface area contributed by atoms with Crippen molar-refractivity contribution in [2.75, 3.05) is 13.1 Å². The number of piperidine rings is 1. The molecule has 0 saturated carbocycles. The fourth-order valence-corrected chi connectivity index (χ4v) is 2.56. The molecule has 1 aromatic rings. The second-order valence-electron chi connectivity index (χ2n) is 5.59. The highest BCUT2D eigenvalue weighted by Gasteiger charge is 2.21. The standard InChI is InChI=1S/C16H21FN2O2/c1-11(16(21)12-4-2-5-13(17)9-12)8-15(20)19-14-6-3-7-18-10-14/h2,4-5,9,11,14,18H,3,6-8,10H2,1H3,(H,19,20). The predicted octanol–water partition coefficient (Wildman–Crippen LogP) is 1.90. The van der Waals surface area contributed by atoms with E-state index in [4.69, 9.17) is 0 Å². The van der Waals surface area contributed by atoms with Gasteiger partial charge in [-0.2, -0.15) is 0 Å². The second-order valence-corrected chi connectivity index (χ2v) is 5.59. The Kier molecular flexibility index (Phi) is 5.44. The zero-order valence-electron chi connectivity index (χ0n) is 12.2. The van der Waals surface area contributed by atoms with Gasteiger partial charge in [0.2, 0.25) is 5.91 Å². The van der Waals surface area contributed by atoms with Crippen LogP contribution in [0.5, 0.6) is 0 Å². The maximum Gasteiger partial charge on any atom is 0.220 e. The molecule has 1 aliphatic rings. The summed E-state index contributed by atoms with van der Waals surface area (Å²) in [5.74, 6) is -1.22. The van der Waals surface area contributed by atoms with Crippen LogP contribution in [0.1, 0.15) is 36.5 Å². The number of halogens is 1. The summed E-state index contributed by atoms with van der Waals surface area (Å²) in [5, 5.41) is 6.16. The summed E-state index contributed by atoms with van der Waals surface area (Å²) >= 11 is 0. The largest absolute Gasteiger partial charge is 0.352 e. The zero-order valence-corrected chi connectivity index (χ0v) is 12.2. The van der Waals surface area contributed by atoms with Gasteiger partial charge in [-0.1, -0.05) is 19.1 Å². The van der Waals surface area contributed by atoms with Gasteiger partial charge >= 0.3 is 0 Å². The number of carbonyl (C=O) groups is 2. The van der Waals surface area contributed by atoms with Crippen molar-refractivity contribution in [3.8, 4) is 0 Å². The first-order valence-corrected chi connectivity index (χ1v) is 7.36. The lowest BCUT2D eigenvalue weighted by atomic mass is 9.95. The number of benzene rings is 1. The van der Waals surface area contributed by atoms with Crippen LogP contribution in [0.4, 0.5) is 4.39 Å². The van der Waals surface area contributed by atoms with Gasteiger partial charge in [-0.25, -0.2) is 4.39 Å². The van der Waals surface area contributed by atoms with E-state index in [0.29, 0.717) is 5.56 Å². The molecule has 2 N–H and O–H groups in total. The molecular formula is C16H21FN2O2. The van der Waals surface area contributed by atoms with Crippen LogP contribution in [0.3, 0.4) is 0 Å². The van der Waals surface area contributed by atoms with Crippen LogP contribution in [-0.2, 0) is 4.79 Å². The van der Waals surface area contributed by atoms with Crippen LogP contribution in [0, 0.1) is 11.7 Å². The Hall–Kier alpha value is -1.75. The molecule has 0 bridgehead atoms. The first kappa shape index (κ1) is 15.6. The van der Waals surface area contributed by atoms with Gasteiger partial charge in [-0.15, -0.1) is 0 Å². The lowest BCUT2D eigenvalue weighted by molar-refractivity contribution is -0.122. The van der Waals surface area contributed by atoms with Crippen LogP contribution in [-0.4, -0.2) is 30.8 Å². The van der Waals surface area contributed by atoms with Gasteiger partial charge in [-0.3, -0.25) is 9.59 Å². The van der Waals surface area contributed by atoms with E-state index in [9.17, 15) is 14.0 Å². The van der Waals surface area contributed by atoms with E-state index in [0.717, 1.165) is 25.9 Å². The van der Waals surface area contributed by atoms with E-state index in [2.05, 4.69) is 10.6 Å². The van der Waals surface area contributed by atoms with Crippen molar-refractivity contribution in [1.29, 1.82) is 0 Å². The predicted molar refractivity (Wildman–Crippen MR) is 78.5 cm³/mol. The van der Waals surface area contributed by atoms with E-state index in [1.807, 2.05) is 0 Å². The van der Waals surface area contributed by atoms with Crippen molar-refractivity contribution < 1.29 is 14.0 Å². The lowest BCUT2D eigenvalue weighted by Gasteiger charge is -2.24. The highest BCUT2D eigenvalue weighted by atomic mass is 19.1. The minimum absolute atomic E-state index is 0.124. The average Bonchev–Trinajstić information content (AvgIpc) is 2.47. The Morgan fingerprint density at radius 3 is 2.95 bits per heavy atom. The fraction of sp³-hybridized carbons (Fsp3) is 0.500. The number of Topliss-reactive ketones (excluding diaryl/α,β-unsaturated/α-hetero) is 1. The van der Waals surface area contributed by atoms with Gasteiger partial charge in [0.1, 0.15) is 5.82 Å². The minimum Gasteiger partial charge on any atom is -0.352 e. The lowest BCUT2D eigenvalue weighted by Crippen LogP contribution is -2.46. The van der Waals surface area contributed by atoms with E-state index in [1.165, 1.54) is 18.2 Å². The third-order valence-corrected chi connectivity index (χ3v) is 3.71. The van der Waals surface area contributed by atoms with Crippen LogP contribution < -0.4 is 10.6 Å². The van der Waals surface area contributed by atoms with E-state index >= 15 is 0 Å².